The van der Waals surface area contributed by atoms with E-state index >= 15 is 17.6 Å². The van der Waals surface area contributed by atoms with Crippen molar-refractivity contribution >= 4 is 50.5 Å². The number of nitrogens with zero attached hydrogens (tertiary/aromatic N) is 4. The average molecular weight is 1480 g/mol. The normalized spacial score (nSPS) is 12.7. The summed E-state index contributed by atoms with van der Waals surface area (Å²) in [6.07, 6.45) is -9.36. The van der Waals surface area contributed by atoms with E-state index in [1.807, 2.05) is 51.8 Å². The van der Waals surface area contributed by atoms with Crippen LogP contribution in [-0.4, -0.2) is 115 Å². The van der Waals surface area contributed by atoms with E-state index in [-0.39, 0.29) is 111 Å². The minimum atomic E-state index is -5.28. The summed E-state index contributed by atoms with van der Waals surface area (Å²) in [5, 5.41) is 9.77. The van der Waals surface area contributed by atoms with Gasteiger partial charge in [0.05, 0.1) is 56.9 Å². The number of halogens is 10. The second-order valence-corrected chi connectivity index (χ2v) is 26.4. The van der Waals surface area contributed by atoms with Crippen molar-refractivity contribution in [2.45, 2.75) is 164 Å². The minimum Gasteiger partial charge on any atom is -0.870 e. The number of hydrogen-bond acceptors (Lipinski definition) is 12. The molecule has 0 saturated carbocycles. The number of aryl methyl sites for hydroxylation is 4. The molecule has 560 valence electrons. The monoisotopic (exact) mass is 1480 g/mol. The maximum atomic E-state index is 16.8. The zero-order valence-electron chi connectivity index (χ0n) is 61.2. The fraction of sp³-hybridized carbons (Fsp3) is 0.486. The Bertz CT molecular complexity index is 4030. The van der Waals surface area contributed by atoms with E-state index in [1.165, 1.54) is 55.4 Å². The molecule has 4 aromatic carbocycles. The first-order valence-electron chi connectivity index (χ1n) is 32.2. The van der Waals surface area contributed by atoms with E-state index in [1.54, 1.807) is 79.1 Å². The van der Waals surface area contributed by atoms with Crippen LogP contribution in [0.1, 0.15) is 164 Å². The van der Waals surface area contributed by atoms with Crippen molar-refractivity contribution < 1.29 is 107 Å². The number of carboxylic acids is 1. The standard InChI is InChI=1S/C38H47F5N2O5.C36H43F5N2O5.Li.H2O.2H2S/c1-10-50-33(48)18-26(17-30(46)29(15-21(2)3)45-20-25(13-14-44(7)8)23(5)16-32(45)47)35-36(39)27(19-28(37(35)40)38(41,42)43)34-22(4)11-12-31(49-9)24(34)6;1-19(2)13-27(43-18-23(11-12-42(6)7)21(4)14-30(43)45)28(44)15-24(16-31(46)47)33-34(37)25(17-26(35(33)38)36(39,40)41)32-20(3)9-10-29(48-8)22(32)5;;;;/h11-12,16,19-21,26,29H,10,13-15,17-18H2,1-9H3;9-10,14,17-19,24,27H,11-13,15-16H2,1-8H3,(H,46,47);;3*1H2/q;;+1;;;/p-1/t26-,29?;24-,27?;;;;/m00..../s1. The molecule has 102 heavy (non-hydrogen) atoms. The van der Waals surface area contributed by atoms with Crippen LogP contribution < -0.4 is 39.5 Å². The average Bonchev–Trinajstić information content (AvgIpc) is 0.757. The molecule has 6 aromatic rings. The number of hydrogen-bond donors (Lipinski definition) is 1. The van der Waals surface area contributed by atoms with Gasteiger partial charge in [0.2, 0.25) is 0 Å². The summed E-state index contributed by atoms with van der Waals surface area (Å²) in [5.74, 6) is -13.8. The van der Waals surface area contributed by atoms with Gasteiger partial charge in [-0.05, 0) is 194 Å². The molecule has 6 rings (SSSR count). The zero-order chi connectivity index (χ0) is 73.9. The number of aromatic nitrogens is 2. The van der Waals surface area contributed by atoms with Crippen LogP contribution in [0.4, 0.5) is 43.9 Å². The summed E-state index contributed by atoms with van der Waals surface area (Å²) in [7, 11) is 10.2. The maximum absolute atomic E-state index is 16.8. The van der Waals surface area contributed by atoms with Gasteiger partial charge in [0, 0.05) is 84.5 Å². The third-order valence-corrected chi connectivity index (χ3v) is 17.4. The maximum Gasteiger partial charge on any atom is 1.00 e. The molecular weight excluding hydrogens is 1380 g/mol. The predicted octanol–water partition coefficient (Wildman–Crippen LogP) is 12.8. The SMILES string of the molecule is CCOC(=O)C[C@H](CC(=O)C(CC(C)C)n1cc(CCN(C)C)c(C)cc1=O)c1c(F)c(-c2c(C)ccc(OC)c2C)cc(C(F)(F)F)c1F.COc1ccc(C)c(-c2cc(C(F)(F)F)c(F)c([C@H](CC(=O)O)CC(=O)C(CC(C)C)n3cc(CCN(C)C)c(C)cc3=O)c2F)c1C.S.S.[Li+].[OH-]. The number of carboxylic acid groups (broad SMARTS) is 1. The topological polar surface area (TPSA) is 197 Å². The summed E-state index contributed by atoms with van der Waals surface area (Å²) in [5.41, 5.74) is -3.39. The molecule has 0 bridgehead atoms. The zero-order valence-corrected chi connectivity index (χ0v) is 63.2. The number of likely N-dealkylation sites (N-methyl/N-ethyl adjacent to an activating group) is 2. The number of ketones is 2. The van der Waals surface area contributed by atoms with Crippen LogP contribution in [0.25, 0.3) is 22.3 Å². The number of methoxy groups -OCH3 is 2. The van der Waals surface area contributed by atoms with Crippen LogP contribution in [0.15, 0.2) is 70.5 Å². The Hall–Kier alpha value is -6.86. The molecule has 2 N–H and O–H groups in total. The first-order valence-corrected chi connectivity index (χ1v) is 32.2. The Kier molecular flexibility index (Phi) is 36.4. The molecule has 0 aliphatic carbocycles. The number of alkyl halides is 6. The Labute approximate surface area is 616 Å². The van der Waals surface area contributed by atoms with Crippen LogP contribution >= 0.6 is 27.0 Å². The first-order chi connectivity index (χ1) is 45.6. The Balaban J connectivity index is 0.000000982. The van der Waals surface area contributed by atoms with Gasteiger partial charge in [-0.15, -0.1) is 0 Å². The third kappa shape index (κ3) is 23.3. The smallest absolute Gasteiger partial charge is 0.870 e. The molecule has 0 aliphatic heterocycles. The van der Waals surface area contributed by atoms with Gasteiger partial charge in [0.25, 0.3) is 11.1 Å². The largest absolute Gasteiger partial charge is 1.00 e. The second kappa shape index (κ2) is 39.9. The molecule has 0 saturated heterocycles. The molecule has 2 heterocycles. The van der Waals surface area contributed by atoms with Gasteiger partial charge < -0.3 is 43.7 Å². The van der Waals surface area contributed by atoms with E-state index in [9.17, 15) is 60.2 Å². The van der Waals surface area contributed by atoms with Gasteiger partial charge in [0.1, 0.15) is 34.8 Å². The van der Waals surface area contributed by atoms with Crippen LogP contribution in [0.2, 0.25) is 0 Å². The molecule has 0 fully saturated rings. The number of carbonyl (C=O) groups is 4. The van der Waals surface area contributed by atoms with Crippen LogP contribution in [-0.2, 0) is 49.1 Å². The molecule has 0 radical (unpaired) electrons. The van der Waals surface area contributed by atoms with E-state index in [4.69, 9.17) is 14.2 Å². The number of ether oxygens (including phenoxy) is 3. The van der Waals surface area contributed by atoms with Gasteiger partial charge in [-0.2, -0.15) is 53.3 Å². The summed E-state index contributed by atoms with van der Waals surface area (Å²) < 4.78 is 170. The number of esters is 1. The van der Waals surface area contributed by atoms with Gasteiger partial charge in [-0.3, -0.25) is 28.8 Å². The van der Waals surface area contributed by atoms with E-state index in [0.29, 0.717) is 60.3 Å². The summed E-state index contributed by atoms with van der Waals surface area (Å²) >= 11 is 0. The summed E-state index contributed by atoms with van der Waals surface area (Å²) in [6.45, 7) is 19.7. The van der Waals surface area contributed by atoms with Crippen molar-refractivity contribution in [3.8, 4) is 33.8 Å². The molecule has 4 atom stereocenters. The predicted molar refractivity (Wildman–Crippen MR) is 379 cm³/mol. The Morgan fingerprint density at radius 3 is 1.18 bits per heavy atom. The van der Waals surface area contributed by atoms with Crippen LogP contribution in [0, 0.1) is 76.6 Å². The van der Waals surface area contributed by atoms with Crippen molar-refractivity contribution in [2.75, 3.05) is 62.1 Å². The molecule has 15 nitrogen and oxygen atoms in total. The molecule has 2 aromatic heterocycles. The second-order valence-electron chi connectivity index (χ2n) is 26.4. The van der Waals surface area contributed by atoms with Gasteiger partial charge in [0.15, 0.2) is 11.6 Å². The van der Waals surface area contributed by atoms with Gasteiger partial charge >= 0.3 is 43.2 Å². The van der Waals surface area contributed by atoms with Gasteiger partial charge in [-0.25, -0.2) is 17.6 Å². The number of benzene rings is 4. The van der Waals surface area contributed by atoms with E-state index in [2.05, 4.69) is 0 Å². The quantitative estimate of drug-likeness (QED) is 0.0265. The summed E-state index contributed by atoms with van der Waals surface area (Å²) in [6, 6.07) is 7.49. The van der Waals surface area contributed by atoms with Crippen LogP contribution in [0.5, 0.6) is 11.5 Å². The summed E-state index contributed by atoms with van der Waals surface area (Å²) in [4.78, 5) is 83.7. The third-order valence-electron chi connectivity index (χ3n) is 17.4. The number of Topliss-reactive ketones (excluding diaryl/α,β-unsaturated/α-hetero) is 2. The number of rotatable bonds is 29. The van der Waals surface area contributed by atoms with Crippen molar-refractivity contribution in [3.63, 3.8) is 0 Å². The Morgan fingerprint density at radius 2 is 0.882 bits per heavy atom. The molecule has 0 spiro atoms. The van der Waals surface area contributed by atoms with Crippen molar-refractivity contribution in [1.82, 2.24) is 18.9 Å². The number of aliphatic carboxylic acids is 1. The van der Waals surface area contributed by atoms with Gasteiger partial charge in [-0.1, -0.05) is 39.8 Å². The van der Waals surface area contributed by atoms with Crippen molar-refractivity contribution in [2.24, 2.45) is 11.8 Å². The number of pyridine rings is 2. The first kappa shape index (κ1) is 93.1. The number of carbonyl (C=O) groups excluding carboxylic acids is 3. The molecule has 0 aliphatic rings. The van der Waals surface area contributed by atoms with E-state index < -0.39 is 153 Å². The fourth-order valence-electron chi connectivity index (χ4n) is 12.4. The van der Waals surface area contributed by atoms with E-state index in [0.717, 1.165) is 16.7 Å². The molecule has 2 unspecified atom stereocenters. The molecule has 0 amide bonds. The Morgan fingerprint density at radius 1 is 0.539 bits per heavy atom. The van der Waals surface area contributed by atoms with Crippen LogP contribution in [0.3, 0.4) is 0 Å². The minimum absolute atomic E-state index is 0. The molecular formula is C74H95F10LiN4O11S2. The fourth-order valence-corrected chi connectivity index (χ4v) is 12.4. The molecule has 28 heteroatoms. The van der Waals surface area contributed by atoms with Crippen molar-refractivity contribution in [3.05, 3.63) is 172 Å². The van der Waals surface area contributed by atoms with Crippen molar-refractivity contribution in [1.29, 1.82) is 0 Å².